The van der Waals surface area contributed by atoms with Crippen LogP contribution >= 0.6 is 0 Å². The standard InChI is InChI=1S/C8H14N2O/c1-6-4-7-9-2-3-10(7)8(11)5-6/h4,6,8-9,11H,2-3,5H2,1H3. The van der Waals surface area contributed by atoms with Crippen molar-refractivity contribution in [3.05, 3.63) is 11.9 Å². The lowest BCUT2D eigenvalue weighted by Crippen LogP contribution is -2.37. The van der Waals surface area contributed by atoms with Crippen molar-refractivity contribution in [1.29, 1.82) is 0 Å². The Labute approximate surface area is 66.7 Å². The highest BCUT2D eigenvalue weighted by Crippen LogP contribution is 2.24. The second kappa shape index (κ2) is 2.41. The van der Waals surface area contributed by atoms with Crippen LogP contribution in [0.5, 0.6) is 0 Å². The van der Waals surface area contributed by atoms with E-state index in [0.29, 0.717) is 5.92 Å². The van der Waals surface area contributed by atoms with Crippen molar-refractivity contribution in [2.75, 3.05) is 13.1 Å². The van der Waals surface area contributed by atoms with E-state index in [1.54, 1.807) is 0 Å². The topological polar surface area (TPSA) is 35.5 Å². The van der Waals surface area contributed by atoms with Gasteiger partial charge >= 0.3 is 0 Å². The molecule has 0 aromatic carbocycles. The van der Waals surface area contributed by atoms with E-state index in [-0.39, 0.29) is 6.23 Å². The van der Waals surface area contributed by atoms with E-state index in [1.807, 2.05) is 4.90 Å². The Kier molecular flexibility index (Phi) is 1.53. The molecule has 3 nitrogen and oxygen atoms in total. The lowest BCUT2D eigenvalue weighted by molar-refractivity contribution is 0.0154. The molecule has 0 spiro atoms. The van der Waals surface area contributed by atoms with Gasteiger partial charge in [0, 0.05) is 13.1 Å². The van der Waals surface area contributed by atoms with Crippen molar-refractivity contribution < 1.29 is 5.11 Å². The lowest BCUT2D eigenvalue weighted by atomic mass is 10.0. The van der Waals surface area contributed by atoms with Crippen LogP contribution in [0.4, 0.5) is 0 Å². The predicted molar refractivity (Wildman–Crippen MR) is 42.6 cm³/mol. The first-order valence-electron chi connectivity index (χ1n) is 4.18. The second-order valence-electron chi connectivity index (χ2n) is 3.37. The Hall–Kier alpha value is -0.700. The summed E-state index contributed by atoms with van der Waals surface area (Å²) in [5.74, 6) is 1.62. The summed E-state index contributed by atoms with van der Waals surface area (Å²) in [7, 11) is 0. The van der Waals surface area contributed by atoms with Crippen molar-refractivity contribution >= 4 is 0 Å². The van der Waals surface area contributed by atoms with E-state index in [2.05, 4.69) is 18.3 Å². The number of nitrogens with one attached hydrogen (secondary N) is 1. The smallest absolute Gasteiger partial charge is 0.128 e. The molecule has 1 saturated heterocycles. The van der Waals surface area contributed by atoms with Crippen LogP contribution in [0.15, 0.2) is 11.9 Å². The Morgan fingerprint density at radius 3 is 3.36 bits per heavy atom. The highest BCUT2D eigenvalue weighted by molar-refractivity contribution is 5.09. The first kappa shape index (κ1) is 6.98. The average Bonchev–Trinajstić information content (AvgIpc) is 2.34. The molecular weight excluding hydrogens is 140 g/mol. The van der Waals surface area contributed by atoms with E-state index in [1.165, 1.54) is 0 Å². The largest absolute Gasteiger partial charge is 0.374 e. The summed E-state index contributed by atoms with van der Waals surface area (Å²) in [5.41, 5.74) is 0. The number of fused-ring (bicyclic) bond motifs is 1. The molecule has 2 aliphatic rings. The van der Waals surface area contributed by atoms with Crippen LogP contribution in [0, 0.1) is 5.92 Å². The zero-order valence-electron chi connectivity index (χ0n) is 6.75. The van der Waals surface area contributed by atoms with Gasteiger partial charge in [-0.3, -0.25) is 0 Å². The fraction of sp³-hybridized carbons (Fsp3) is 0.750. The van der Waals surface area contributed by atoms with Gasteiger partial charge in [-0.25, -0.2) is 0 Å². The molecule has 2 unspecified atom stereocenters. The number of aliphatic hydroxyl groups is 1. The van der Waals surface area contributed by atoms with Gasteiger partial charge in [0.2, 0.25) is 0 Å². The van der Waals surface area contributed by atoms with Gasteiger partial charge in [-0.05, 0) is 18.4 Å². The summed E-state index contributed by atoms with van der Waals surface area (Å²) in [5, 5.41) is 12.8. The van der Waals surface area contributed by atoms with Crippen molar-refractivity contribution in [2.45, 2.75) is 19.6 Å². The maximum atomic E-state index is 9.59. The zero-order valence-corrected chi connectivity index (χ0v) is 6.75. The number of rotatable bonds is 0. The SMILES string of the molecule is CC1C=C2NCCN2C(O)C1. The molecule has 0 aliphatic carbocycles. The van der Waals surface area contributed by atoms with Crippen molar-refractivity contribution in [3.63, 3.8) is 0 Å². The van der Waals surface area contributed by atoms with E-state index in [4.69, 9.17) is 0 Å². The molecule has 11 heavy (non-hydrogen) atoms. The molecule has 0 bridgehead atoms. The van der Waals surface area contributed by atoms with Crippen molar-refractivity contribution in [2.24, 2.45) is 5.92 Å². The molecule has 2 aliphatic heterocycles. The van der Waals surface area contributed by atoms with Crippen molar-refractivity contribution in [3.8, 4) is 0 Å². The third-order valence-electron chi connectivity index (χ3n) is 2.35. The summed E-state index contributed by atoms with van der Waals surface area (Å²) >= 11 is 0. The van der Waals surface area contributed by atoms with E-state index >= 15 is 0 Å². The van der Waals surface area contributed by atoms with Crippen molar-refractivity contribution in [1.82, 2.24) is 10.2 Å². The lowest BCUT2D eigenvalue weighted by Gasteiger charge is -2.31. The number of nitrogens with zero attached hydrogens (tertiary/aromatic N) is 1. The maximum Gasteiger partial charge on any atom is 0.128 e. The van der Waals surface area contributed by atoms with Gasteiger partial charge in [0.15, 0.2) is 0 Å². The summed E-state index contributed by atoms with van der Waals surface area (Å²) < 4.78 is 0. The third-order valence-corrected chi connectivity index (χ3v) is 2.35. The summed E-state index contributed by atoms with van der Waals surface area (Å²) in [6.07, 6.45) is 2.80. The molecule has 0 amide bonds. The Balaban J connectivity index is 2.21. The normalized spacial score (nSPS) is 36.2. The molecule has 0 saturated carbocycles. The summed E-state index contributed by atoms with van der Waals surface area (Å²) in [6.45, 7) is 4.04. The maximum absolute atomic E-state index is 9.59. The zero-order chi connectivity index (χ0) is 7.84. The van der Waals surface area contributed by atoms with Crippen LogP contribution in [0.1, 0.15) is 13.3 Å². The molecule has 0 aromatic rings. The highest BCUT2D eigenvalue weighted by atomic mass is 16.3. The number of hydrogen-bond acceptors (Lipinski definition) is 3. The second-order valence-corrected chi connectivity index (χ2v) is 3.37. The predicted octanol–water partition coefficient (Wildman–Crippen LogP) is 0.0912. The minimum atomic E-state index is -0.264. The number of aliphatic hydroxyl groups excluding tert-OH is 1. The summed E-state index contributed by atoms with van der Waals surface area (Å²) in [6, 6.07) is 0. The molecule has 3 heteroatoms. The fourth-order valence-electron chi connectivity index (χ4n) is 1.79. The number of allylic oxidation sites excluding steroid dienone is 1. The first-order valence-corrected chi connectivity index (χ1v) is 4.18. The van der Waals surface area contributed by atoms with Gasteiger partial charge in [0.25, 0.3) is 0 Å². The molecule has 1 fully saturated rings. The molecule has 2 N–H and O–H groups in total. The van der Waals surface area contributed by atoms with Crippen LogP contribution in [0.25, 0.3) is 0 Å². The molecule has 62 valence electrons. The molecule has 0 aromatic heterocycles. The van der Waals surface area contributed by atoms with Crippen LogP contribution in [0.2, 0.25) is 0 Å². The minimum Gasteiger partial charge on any atom is -0.374 e. The monoisotopic (exact) mass is 154 g/mol. The fourth-order valence-corrected chi connectivity index (χ4v) is 1.79. The van der Waals surface area contributed by atoms with Crippen LogP contribution < -0.4 is 5.32 Å². The van der Waals surface area contributed by atoms with Gasteiger partial charge < -0.3 is 15.3 Å². The van der Waals surface area contributed by atoms with Gasteiger partial charge in [0.1, 0.15) is 6.23 Å². The van der Waals surface area contributed by atoms with Gasteiger partial charge in [-0.2, -0.15) is 0 Å². The number of hydrogen-bond donors (Lipinski definition) is 2. The van der Waals surface area contributed by atoms with Gasteiger partial charge in [-0.1, -0.05) is 6.92 Å². The molecule has 0 radical (unpaired) electrons. The quantitative estimate of drug-likeness (QED) is 0.519. The molecular formula is C8H14N2O. The van der Waals surface area contributed by atoms with E-state index in [9.17, 15) is 5.11 Å². The molecule has 2 rings (SSSR count). The molecule has 2 heterocycles. The highest BCUT2D eigenvalue weighted by Gasteiger charge is 2.28. The molecule has 2 atom stereocenters. The van der Waals surface area contributed by atoms with Crippen LogP contribution in [-0.4, -0.2) is 29.3 Å². The first-order chi connectivity index (χ1) is 5.27. The van der Waals surface area contributed by atoms with Crippen LogP contribution in [0.3, 0.4) is 0 Å². The van der Waals surface area contributed by atoms with Crippen LogP contribution in [-0.2, 0) is 0 Å². The van der Waals surface area contributed by atoms with Gasteiger partial charge in [0.05, 0.1) is 5.82 Å². The van der Waals surface area contributed by atoms with Gasteiger partial charge in [-0.15, -0.1) is 0 Å². The average molecular weight is 154 g/mol. The third kappa shape index (κ3) is 1.09. The Morgan fingerprint density at radius 1 is 1.73 bits per heavy atom. The Morgan fingerprint density at radius 2 is 2.55 bits per heavy atom. The van der Waals surface area contributed by atoms with E-state index < -0.39 is 0 Å². The minimum absolute atomic E-state index is 0.264. The summed E-state index contributed by atoms with van der Waals surface area (Å²) in [4.78, 5) is 2.03. The Bertz CT molecular complexity index is 191. The van der Waals surface area contributed by atoms with E-state index in [0.717, 1.165) is 25.3 Å².